The van der Waals surface area contributed by atoms with E-state index in [1.54, 1.807) is 24.3 Å². The number of rotatable bonds is 4. The van der Waals surface area contributed by atoms with E-state index in [-0.39, 0.29) is 12.4 Å². The summed E-state index contributed by atoms with van der Waals surface area (Å²) in [5.41, 5.74) is -0.363. The van der Waals surface area contributed by atoms with Gasteiger partial charge in [-0.2, -0.15) is 0 Å². The number of hydrogen-bond acceptors (Lipinski definition) is 4. The Labute approximate surface area is 119 Å². The number of carbonyl (C=O) groups excluding carboxylic acids is 3. The molecular weight excluding hydrogens is 293 g/mol. The van der Waals surface area contributed by atoms with Gasteiger partial charge < -0.3 is 4.74 Å². The van der Waals surface area contributed by atoms with Gasteiger partial charge in [-0.15, -0.1) is 11.6 Å². The lowest BCUT2D eigenvalue weighted by molar-refractivity contribution is 0.0543. The first-order valence-electron chi connectivity index (χ1n) is 5.42. The smallest absolute Gasteiger partial charge is 0.404 e. The number of nitrogens with zero attached hydrogens (tertiary/aromatic N) is 1. The number of halogens is 2. The molecule has 19 heavy (non-hydrogen) atoms. The zero-order valence-electron chi connectivity index (χ0n) is 9.64. The number of fused-ring (bicyclic) bond motifs is 1. The van der Waals surface area contributed by atoms with Crippen molar-refractivity contribution in [2.75, 3.05) is 12.4 Å². The van der Waals surface area contributed by atoms with Crippen LogP contribution in [0.15, 0.2) is 24.3 Å². The number of carbonyl (C=O) groups is 3. The van der Waals surface area contributed by atoms with Crippen LogP contribution in [0.4, 0.5) is 4.79 Å². The summed E-state index contributed by atoms with van der Waals surface area (Å²) in [6.45, 7) is -0.117. The minimum Gasteiger partial charge on any atom is -0.447 e. The minimum atomic E-state index is -1.03. The van der Waals surface area contributed by atoms with E-state index in [2.05, 4.69) is 0 Å². The molecule has 7 heteroatoms. The van der Waals surface area contributed by atoms with Crippen molar-refractivity contribution in [2.45, 2.75) is 6.10 Å². The van der Waals surface area contributed by atoms with Crippen molar-refractivity contribution in [3.8, 4) is 0 Å². The molecule has 0 radical (unpaired) electrons. The Bertz CT molecular complexity index is 511. The summed E-state index contributed by atoms with van der Waals surface area (Å²) in [5.74, 6) is -0.922. The Morgan fingerprint density at radius 1 is 1.21 bits per heavy atom. The van der Waals surface area contributed by atoms with Gasteiger partial charge in [-0.25, -0.2) is 4.79 Å². The monoisotopic (exact) mass is 301 g/mol. The molecule has 0 spiro atoms. The zero-order chi connectivity index (χ0) is 14.0. The van der Waals surface area contributed by atoms with Crippen LogP contribution in [0.2, 0.25) is 0 Å². The van der Waals surface area contributed by atoms with Crippen LogP contribution in [0.5, 0.6) is 0 Å². The predicted molar refractivity (Wildman–Crippen MR) is 68.7 cm³/mol. The normalized spacial score (nSPS) is 15.4. The van der Waals surface area contributed by atoms with Crippen molar-refractivity contribution < 1.29 is 19.1 Å². The first kappa shape index (κ1) is 13.8. The average molecular weight is 302 g/mol. The van der Waals surface area contributed by atoms with Crippen molar-refractivity contribution in [3.63, 3.8) is 0 Å². The highest BCUT2D eigenvalue weighted by Crippen LogP contribution is 2.23. The molecule has 1 aliphatic heterocycles. The predicted octanol–water partition coefficient (Wildman–Crippen LogP) is 2.27. The maximum atomic E-state index is 12.0. The van der Waals surface area contributed by atoms with Crippen molar-refractivity contribution in [1.82, 2.24) is 4.90 Å². The number of benzene rings is 1. The molecule has 0 N–H and O–H groups in total. The Kier molecular flexibility index (Phi) is 4.07. The summed E-state index contributed by atoms with van der Waals surface area (Å²) < 4.78 is 4.71. The van der Waals surface area contributed by atoms with E-state index in [0.717, 1.165) is 4.90 Å². The lowest BCUT2D eigenvalue weighted by Crippen LogP contribution is -2.39. The van der Waals surface area contributed by atoms with Gasteiger partial charge in [0.25, 0.3) is 11.8 Å². The third kappa shape index (κ3) is 2.72. The van der Waals surface area contributed by atoms with Crippen molar-refractivity contribution in [3.05, 3.63) is 35.4 Å². The zero-order valence-corrected chi connectivity index (χ0v) is 11.1. The second-order valence-electron chi connectivity index (χ2n) is 3.90. The molecule has 0 aromatic heterocycles. The molecular formula is C12H9Cl2NO4. The van der Waals surface area contributed by atoms with E-state index < -0.39 is 23.3 Å². The van der Waals surface area contributed by atoms with Gasteiger partial charge in [0, 0.05) is 11.6 Å². The molecule has 2 amide bonds. The van der Waals surface area contributed by atoms with Gasteiger partial charge in [-0.3, -0.25) is 14.5 Å². The molecule has 1 atom stereocenters. The number of ether oxygens (including phenoxy) is 1. The molecule has 100 valence electrons. The van der Waals surface area contributed by atoms with E-state index in [4.69, 9.17) is 27.9 Å². The van der Waals surface area contributed by atoms with Crippen molar-refractivity contribution in [1.29, 1.82) is 0 Å². The molecule has 1 heterocycles. The van der Waals surface area contributed by atoms with Crippen LogP contribution >= 0.6 is 23.2 Å². The molecule has 1 aromatic rings. The second-order valence-corrected chi connectivity index (χ2v) is 4.52. The summed E-state index contributed by atoms with van der Waals surface area (Å²) in [6, 6.07) is 6.48. The van der Waals surface area contributed by atoms with Gasteiger partial charge in [0.2, 0.25) is 0 Å². The van der Waals surface area contributed by atoms with E-state index in [9.17, 15) is 14.4 Å². The fourth-order valence-electron chi connectivity index (χ4n) is 1.86. The van der Waals surface area contributed by atoms with E-state index >= 15 is 0 Å². The van der Waals surface area contributed by atoms with Crippen LogP contribution in [0, 0.1) is 0 Å². The van der Waals surface area contributed by atoms with Gasteiger partial charge in [0.1, 0.15) is 6.10 Å². The van der Waals surface area contributed by atoms with Crippen molar-refractivity contribution >= 4 is 40.4 Å². The van der Waals surface area contributed by atoms with Crippen LogP contribution in [0.3, 0.4) is 0 Å². The minimum absolute atomic E-state index is 0.0636. The molecule has 0 saturated carbocycles. The van der Waals surface area contributed by atoms with Crippen molar-refractivity contribution in [2.24, 2.45) is 0 Å². The molecule has 2 rings (SSSR count). The Hall–Kier alpha value is -1.59. The highest BCUT2D eigenvalue weighted by Gasteiger charge is 2.36. The SMILES string of the molecule is O=C(Cl)OC(CCl)CN1C(=O)c2ccccc2C1=O. The van der Waals surface area contributed by atoms with Gasteiger partial charge in [0.05, 0.1) is 23.6 Å². The Morgan fingerprint density at radius 3 is 2.16 bits per heavy atom. The van der Waals surface area contributed by atoms with Crippen LogP contribution in [0.1, 0.15) is 20.7 Å². The van der Waals surface area contributed by atoms with Crippen LogP contribution in [0.25, 0.3) is 0 Å². The van der Waals surface area contributed by atoms with E-state index in [1.165, 1.54) is 0 Å². The van der Waals surface area contributed by atoms with E-state index in [0.29, 0.717) is 11.1 Å². The fraction of sp³-hybridized carbons (Fsp3) is 0.250. The maximum Gasteiger partial charge on any atom is 0.404 e. The largest absolute Gasteiger partial charge is 0.447 e. The molecule has 0 saturated heterocycles. The summed E-state index contributed by atoms with van der Waals surface area (Å²) in [7, 11) is 0. The highest BCUT2D eigenvalue weighted by atomic mass is 35.5. The first-order valence-corrected chi connectivity index (χ1v) is 6.33. The first-order chi connectivity index (χ1) is 9.04. The van der Waals surface area contributed by atoms with Crippen LogP contribution in [-0.2, 0) is 4.74 Å². The lowest BCUT2D eigenvalue weighted by atomic mass is 10.1. The Morgan fingerprint density at radius 2 is 1.74 bits per heavy atom. The van der Waals surface area contributed by atoms with Crippen LogP contribution in [-0.4, -0.2) is 40.7 Å². The molecule has 0 aliphatic carbocycles. The standard InChI is InChI=1S/C12H9Cl2NO4/c13-5-7(19-12(14)18)6-15-10(16)8-3-1-2-4-9(8)11(15)17/h1-4,7H,5-6H2. The number of amides is 2. The number of hydrogen-bond donors (Lipinski definition) is 0. The average Bonchev–Trinajstić information content (AvgIpc) is 2.63. The topological polar surface area (TPSA) is 63.7 Å². The number of alkyl halides is 1. The van der Waals surface area contributed by atoms with Crippen LogP contribution < -0.4 is 0 Å². The van der Waals surface area contributed by atoms with Gasteiger partial charge in [-0.1, -0.05) is 12.1 Å². The Balaban J connectivity index is 2.17. The number of imide groups is 1. The third-order valence-electron chi connectivity index (χ3n) is 2.70. The molecule has 1 aliphatic rings. The van der Waals surface area contributed by atoms with Gasteiger partial charge in [0.15, 0.2) is 0 Å². The third-order valence-corrected chi connectivity index (χ3v) is 3.13. The second kappa shape index (κ2) is 5.59. The fourth-order valence-corrected chi connectivity index (χ4v) is 2.14. The molecule has 5 nitrogen and oxygen atoms in total. The summed E-state index contributed by atoms with van der Waals surface area (Å²) in [5, 5.41) is 0. The van der Waals surface area contributed by atoms with E-state index in [1.807, 2.05) is 0 Å². The summed E-state index contributed by atoms with van der Waals surface area (Å²) in [6.07, 6.45) is -0.825. The maximum absolute atomic E-state index is 12.0. The summed E-state index contributed by atoms with van der Waals surface area (Å²) in [4.78, 5) is 35.7. The van der Waals surface area contributed by atoms with Gasteiger partial charge >= 0.3 is 5.43 Å². The highest BCUT2D eigenvalue weighted by molar-refractivity contribution is 6.61. The summed E-state index contributed by atoms with van der Waals surface area (Å²) >= 11 is 10.7. The molecule has 0 bridgehead atoms. The molecule has 1 unspecified atom stereocenters. The quantitative estimate of drug-likeness (QED) is 0.486. The molecule has 0 fully saturated rings. The van der Waals surface area contributed by atoms with Gasteiger partial charge in [-0.05, 0) is 12.1 Å². The lowest BCUT2D eigenvalue weighted by Gasteiger charge is -2.19. The molecule has 1 aromatic carbocycles.